The molecule has 2 N–H and O–H groups in total. The number of ether oxygens (including phenoxy) is 1. The van der Waals surface area contributed by atoms with Crippen LogP contribution in [0.25, 0.3) is 0 Å². The van der Waals surface area contributed by atoms with Gasteiger partial charge in [0.05, 0.1) is 19.3 Å². The smallest absolute Gasteiger partial charge is 0.274 e. The summed E-state index contributed by atoms with van der Waals surface area (Å²) in [5, 5.41) is 14.3. The number of aromatic nitrogens is 3. The van der Waals surface area contributed by atoms with Crippen molar-refractivity contribution in [1.29, 1.82) is 0 Å². The lowest BCUT2D eigenvalue weighted by Crippen LogP contribution is -2.38. The molecule has 37 heavy (non-hydrogen) atoms. The summed E-state index contributed by atoms with van der Waals surface area (Å²) in [6.07, 6.45) is 1.99. The molecule has 196 valence electrons. The number of hydrogen-bond acceptors (Lipinski definition) is 7. The summed E-state index contributed by atoms with van der Waals surface area (Å²) in [6, 6.07) is 7.27. The number of imidazole rings is 1. The fourth-order valence-corrected chi connectivity index (χ4v) is 5.63. The number of carbonyl (C=O) groups excluding carboxylic acids is 2. The van der Waals surface area contributed by atoms with E-state index < -0.39 is 18.1 Å². The van der Waals surface area contributed by atoms with Crippen molar-refractivity contribution in [3.63, 3.8) is 0 Å². The first-order chi connectivity index (χ1) is 17.7. The Morgan fingerprint density at radius 2 is 2.08 bits per heavy atom. The number of rotatable bonds is 6. The van der Waals surface area contributed by atoms with Crippen LogP contribution in [0.1, 0.15) is 65.4 Å². The SMILES string of the molecule is COc1cc(C(C(=O)N2C[C@H](O)C[C@H]2c2nc(C(=O)N3CCc4ccc(Br)cc4C3)c[nH]2)C(C)C)on1. The highest BCUT2D eigenvalue weighted by molar-refractivity contribution is 9.10. The Morgan fingerprint density at radius 3 is 2.81 bits per heavy atom. The Balaban J connectivity index is 1.35. The number of nitrogens with zero attached hydrogens (tertiary/aromatic N) is 4. The lowest BCUT2D eigenvalue weighted by atomic mass is 9.91. The van der Waals surface area contributed by atoms with E-state index in [0.717, 1.165) is 16.5 Å². The van der Waals surface area contributed by atoms with E-state index in [4.69, 9.17) is 9.26 Å². The Labute approximate surface area is 223 Å². The fraction of sp³-hybridized carbons (Fsp3) is 0.462. The van der Waals surface area contributed by atoms with Crippen LogP contribution in [0, 0.1) is 5.92 Å². The second-order valence-electron chi connectivity index (χ2n) is 9.95. The number of aliphatic hydroxyl groups excluding tert-OH is 1. The average Bonchev–Trinajstić information content (AvgIpc) is 3.62. The first-order valence-corrected chi connectivity index (χ1v) is 13.2. The van der Waals surface area contributed by atoms with E-state index in [1.807, 2.05) is 26.0 Å². The second-order valence-corrected chi connectivity index (χ2v) is 10.9. The van der Waals surface area contributed by atoms with Gasteiger partial charge in [-0.15, -0.1) is 0 Å². The molecule has 2 aromatic heterocycles. The van der Waals surface area contributed by atoms with E-state index in [1.165, 1.54) is 12.7 Å². The number of methoxy groups -OCH3 is 1. The molecule has 0 radical (unpaired) electrons. The van der Waals surface area contributed by atoms with Crippen molar-refractivity contribution in [2.45, 2.75) is 51.3 Å². The van der Waals surface area contributed by atoms with Crippen molar-refractivity contribution >= 4 is 27.7 Å². The molecule has 10 nitrogen and oxygen atoms in total. The van der Waals surface area contributed by atoms with Gasteiger partial charge in [-0.3, -0.25) is 9.59 Å². The molecule has 0 saturated carbocycles. The predicted molar refractivity (Wildman–Crippen MR) is 137 cm³/mol. The quantitative estimate of drug-likeness (QED) is 0.464. The summed E-state index contributed by atoms with van der Waals surface area (Å²) in [7, 11) is 1.48. The minimum absolute atomic E-state index is 0.0840. The largest absolute Gasteiger partial charge is 0.479 e. The molecule has 3 atom stereocenters. The normalized spacial score (nSPS) is 20.3. The number of fused-ring (bicyclic) bond motifs is 1. The van der Waals surface area contributed by atoms with Crippen LogP contribution < -0.4 is 4.74 Å². The summed E-state index contributed by atoms with van der Waals surface area (Å²) in [5.74, 6) is 0.132. The van der Waals surface area contributed by atoms with Crippen molar-refractivity contribution in [3.8, 4) is 5.88 Å². The highest BCUT2D eigenvalue weighted by atomic mass is 79.9. The molecule has 2 amide bonds. The minimum atomic E-state index is -0.702. The summed E-state index contributed by atoms with van der Waals surface area (Å²) in [4.78, 5) is 38.1. The molecule has 1 fully saturated rings. The Kier molecular flexibility index (Phi) is 7.09. The molecule has 11 heteroatoms. The first kappa shape index (κ1) is 25.5. The van der Waals surface area contributed by atoms with Gasteiger partial charge in [-0.05, 0) is 40.8 Å². The molecule has 2 aliphatic rings. The maximum Gasteiger partial charge on any atom is 0.274 e. The number of H-pyrrole nitrogens is 1. The zero-order chi connectivity index (χ0) is 26.3. The molecule has 1 aromatic carbocycles. The molecular weight excluding hydrogens is 542 g/mol. The standard InChI is InChI=1S/C26H30BrN5O5/c1-14(2)23(21-10-22(36-3)30-37-21)26(35)32-13-18(33)9-20(32)24-28-11-19(29-24)25(34)31-7-6-15-4-5-17(27)8-16(15)12-31/h4-5,8,10-11,14,18,20,23,33H,6-7,9,12-13H2,1-3H3,(H,28,29)/t18-,20+,23?/m1/s1. The van der Waals surface area contributed by atoms with E-state index in [1.54, 1.807) is 22.1 Å². The minimum Gasteiger partial charge on any atom is -0.479 e. The Bertz CT molecular complexity index is 1300. The van der Waals surface area contributed by atoms with Crippen LogP contribution in [0.15, 0.2) is 39.5 Å². The molecule has 3 aromatic rings. The number of likely N-dealkylation sites (tertiary alicyclic amines) is 1. The van der Waals surface area contributed by atoms with Gasteiger partial charge in [-0.2, -0.15) is 0 Å². The van der Waals surface area contributed by atoms with E-state index in [-0.39, 0.29) is 24.3 Å². The van der Waals surface area contributed by atoms with Crippen molar-refractivity contribution in [2.75, 3.05) is 20.2 Å². The van der Waals surface area contributed by atoms with Crippen LogP contribution in [0.2, 0.25) is 0 Å². The molecular formula is C26H30BrN5O5. The molecule has 1 saturated heterocycles. The summed E-state index contributed by atoms with van der Waals surface area (Å²) >= 11 is 3.50. The van der Waals surface area contributed by atoms with Crippen LogP contribution in [-0.2, 0) is 17.8 Å². The van der Waals surface area contributed by atoms with Gasteiger partial charge >= 0.3 is 0 Å². The van der Waals surface area contributed by atoms with Crippen LogP contribution in [-0.4, -0.2) is 68.1 Å². The van der Waals surface area contributed by atoms with Crippen LogP contribution in [0.4, 0.5) is 0 Å². The van der Waals surface area contributed by atoms with Crippen molar-refractivity contribution in [1.82, 2.24) is 24.9 Å². The number of aromatic amines is 1. The summed E-state index contributed by atoms with van der Waals surface area (Å²) < 4.78 is 11.5. The Hall–Kier alpha value is -3.18. The predicted octanol–water partition coefficient (Wildman–Crippen LogP) is 3.44. The molecule has 5 rings (SSSR count). The van der Waals surface area contributed by atoms with E-state index in [9.17, 15) is 14.7 Å². The number of amides is 2. The number of halogens is 1. The number of aliphatic hydroxyl groups is 1. The first-order valence-electron chi connectivity index (χ1n) is 12.4. The number of benzene rings is 1. The van der Waals surface area contributed by atoms with Gasteiger partial charge in [0.1, 0.15) is 17.4 Å². The van der Waals surface area contributed by atoms with Crippen LogP contribution in [0.3, 0.4) is 0 Å². The molecule has 0 bridgehead atoms. The zero-order valence-corrected chi connectivity index (χ0v) is 22.6. The Morgan fingerprint density at radius 1 is 1.27 bits per heavy atom. The number of hydrogen-bond donors (Lipinski definition) is 2. The van der Waals surface area contributed by atoms with Gasteiger partial charge in [0.15, 0.2) is 5.76 Å². The van der Waals surface area contributed by atoms with E-state index >= 15 is 0 Å². The van der Waals surface area contributed by atoms with E-state index in [0.29, 0.717) is 42.7 Å². The second kappa shape index (κ2) is 10.3. The van der Waals surface area contributed by atoms with E-state index in [2.05, 4.69) is 37.1 Å². The molecule has 2 aliphatic heterocycles. The van der Waals surface area contributed by atoms with Gasteiger partial charge in [0.2, 0.25) is 5.91 Å². The molecule has 0 spiro atoms. The van der Waals surface area contributed by atoms with Gasteiger partial charge in [0, 0.05) is 42.8 Å². The molecule has 1 unspecified atom stereocenters. The van der Waals surface area contributed by atoms with Crippen molar-refractivity contribution in [3.05, 3.63) is 63.3 Å². The lowest BCUT2D eigenvalue weighted by molar-refractivity contribution is -0.135. The van der Waals surface area contributed by atoms with Gasteiger partial charge in [0.25, 0.3) is 11.8 Å². The lowest BCUT2D eigenvalue weighted by Gasteiger charge is -2.29. The average molecular weight is 572 g/mol. The third kappa shape index (κ3) is 5.02. The van der Waals surface area contributed by atoms with Crippen molar-refractivity contribution in [2.24, 2.45) is 5.92 Å². The summed E-state index contributed by atoms with van der Waals surface area (Å²) in [5.41, 5.74) is 2.65. The fourth-order valence-electron chi connectivity index (χ4n) is 5.22. The number of carbonyl (C=O) groups is 2. The monoisotopic (exact) mass is 571 g/mol. The van der Waals surface area contributed by atoms with Gasteiger partial charge in [-0.25, -0.2) is 4.98 Å². The van der Waals surface area contributed by atoms with Gasteiger partial charge < -0.3 is 29.2 Å². The third-order valence-corrected chi connectivity index (χ3v) is 7.61. The highest BCUT2D eigenvalue weighted by Crippen LogP contribution is 2.37. The molecule has 4 heterocycles. The summed E-state index contributed by atoms with van der Waals surface area (Å²) in [6.45, 7) is 5.15. The van der Waals surface area contributed by atoms with Gasteiger partial charge in [-0.1, -0.05) is 35.8 Å². The van der Waals surface area contributed by atoms with Crippen LogP contribution >= 0.6 is 15.9 Å². The van der Waals surface area contributed by atoms with Crippen LogP contribution in [0.5, 0.6) is 5.88 Å². The zero-order valence-electron chi connectivity index (χ0n) is 21.0. The number of nitrogens with one attached hydrogen (secondary N) is 1. The third-order valence-electron chi connectivity index (χ3n) is 7.12. The molecule has 0 aliphatic carbocycles. The highest BCUT2D eigenvalue weighted by Gasteiger charge is 2.42. The van der Waals surface area contributed by atoms with Crippen molar-refractivity contribution < 1.29 is 24.0 Å². The number of β-amino-alcohol motifs (C(OH)–C–C–N with tert-alkyl or cyclic N) is 1. The topological polar surface area (TPSA) is 125 Å². The maximum absolute atomic E-state index is 13.7. The maximum atomic E-state index is 13.7.